The van der Waals surface area contributed by atoms with Gasteiger partial charge in [0.05, 0.1) is 12.8 Å². The first-order valence-electron chi connectivity index (χ1n) is 7.28. The lowest BCUT2D eigenvalue weighted by atomic mass is 9.66. The minimum absolute atomic E-state index is 0.469. The summed E-state index contributed by atoms with van der Waals surface area (Å²) < 4.78 is 5.47. The van der Waals surface area contributed by atoms with Crippen LogP contribution < -0.4 is 5.73 Å². The van der Waals surface area contributed by atoms with Crippen LogP contribution in [0.15, 0.2) is 22.8 Å². The summed E-state index contributed by atoms with van der Waals surface area (Å²) in [5, 5.41) is 0. The van der Waals surface area contributed by atoms with Crippen molar-refractivity contribution in [3.05, 3.63) is 24.2 Å². The van der Waals surface area contributed by atoms with E-state index in [-0.39, 0.29) is 0 Å². The van der Waals surface area contributed by atoms with E-state index in [0.29, 0.717) is 5.41 Å². The summed E-state index contributed by atoms with van der Waals surface area (Å²) in [4.78, 5) is 2.59. The summed E-state index contributed by atoms with van der Waals surface area (Å²) in [5.74, 6) is 1.09. The Labute approximate surface area is 109 Å². The summed E-state index contributed by atoms with van der Waals surface area (Å²) >= 11 is 0. The molecule has 0 unspecified atom stereocenters. The van der Waals surface area contributed by atoms with Crippen molar-refractivity contribution in [2.75, 3.05) is 13.1 Å². The van der Waals surface area contributed by atoms with Gasteiger partial charge in [-0.15, -0.1) is 0 Å². The molecule has 0 radical (unpaired) electrons. The molecule has 0 saturated heterocycles. The maximum absolute atomic E-state index is 5.95. The molecule has 2 aliphatic rings. The van der Waals surface area contributed by atoms with Gasteiger partial charge in [0.2, 0.25) is 0 Å². The molecule has 0 aromatic carbocycles. The predicted octanol–water partition coefficient (Wildman–Crippen LogP) is 2.76. The van der Waals surface area contributed by atoms with Crippen LogP contribution in [0, 0.1) is 5.41 Å². The molecule has 3 heteroatoms. The normalized spacial score (nSPS) is 22.1. The van der Waals surface area contributed by atoms with Crippen molar-refractivity contribution in [1.82, 2.24) is 4.90 Å². The Morgan fingerprint density at radius 2 is 2.22 bits per heavy atom. The van der Waals surface area contributed by atoms with E-state index >= 15 is 0 Å². The zero-order chi connectivity index (χ0) is 12.4. The lowest BCUT2D eigenvalue weighted by Gasteiger charge is -2.42. The molecule has 3 rings (SSSR count). The summed E-state index contributed by atoms with van der Waals surface area (Å²) in [6, 6.07) is 4.86. The van der Waals surface area contributed by atoms with Crippen molar-refractivity contribution in [2.24, 2.45) is 11.1 Å². The van der Waals surface area contributed by atoms with Crippen LogP contribution in [0.25, 0.3) is 0 Å². The highest BCUT2D eigenvalue weighted by molar-refractivity contribution is 5.00. The van der Waals surface area contributed by atoms with Crippen molar-refractivity contribution >= 4 is 0 Å². The lowest BCUT2D eigenvalue weighted by Crippen LogP contribution is -2.40. The number of furan rings is 1. The molecule has 0 bridgehead atoms. The second kappa shape index (κ2) is 5.06. The molecular formula is C15H24N2O. The van der Waals surface area contributed by atoms with Gasteiger partial charge in [-0.05, 0) is 62.7 Å². The number of rotatable bonds is 7. The van der Waals surface area contributed by atoms with E-state index in [1.807, 2.05) is 6.07 Å². The number of nitrogens with two attached hydrogens (primary N) is 1. The first-order chi connectivity index (χ1) is 8.81. The lowest BCUT2D eigenvalue weighted by molar-refractivity contribution is 0.0990. The van der Waals surface area contributed by atoms with Crippen LogP contribution in [0.1, 0.15) is 44.3 Å². The fraction of sp³-hybridized carbons (Fsp3) is 0.733. The monoisotopic (exact) mass is 248 g/mol. The van der Waals surface area contributed by atoms with Crippen LogP contribution in [0.5, 0.6) is 0 Å². The van der Waals surface area contributed by atoms with Crippen LogP contribution in [0.2, 0.25) is 0 Å². The number of hydrogen-bond acceptors (Lipinski definition) is 3. The average Bonchev–Trinajstić information content (AvgIpc) is 3.05. The molecule has 3 nitrogen and oxygen atoms in total. The van der Waals surface area contributed by atoms with Crippen molar-refractivity contribution in [3.63, 3.8) is 0 Å². The van der Waals surface area contributed by atoms with E-state index in [0.717, 1.165) is 24.9 Å². The maximum atomic E-state index is 5.95. The molecule has 2 saturated carbocycles. The Hall–Kier alpha value is -0.800. The fourth-order valence-corrected chi connectivity index (χ4v) is 3.05. The second-order valence-corrected chi connectivity index (χ2v) is 6.09. The zero-order valence-corrected chi connectivity index (χ0v) is 11.1. The molecule has 2 aliphatic carbocycles. The van der Waals surface area contributed by atoms with Crippen molar-refractivity contribution in [2.45, 2.75) is 51.1 Å². The minimum Gasteiger partial charge on any atom is -0.468 e. The van der Waals surface area contributed by atoms with Gasteiger partial charge in [0.1, 0.15) is 5.76 Å². The summed E-state index contributed by atoms with van der Waals surface area (Å²) in [5.41, 5.74) is 6.41. The Morgan fingerprint density at radius 3 is 2.72 bits per heavy atom. The minimum atomic E-state index is 0.469. The van der Waals surface area contributed by atoms with Crippen LogP contribution in [-0.4, -0.2) is 24.0 Å². The van der Waals surface area contributed by atoms with Crippen molar-refractivity contribution < 1.29 is 4.42 Å². The quantitative estimate of drug-likeness (QED) is 0.807. The third kappa shape index (κ3) is 2.62. The maximum Gasteiger partial charge on any atom is 0.117 e. The molecule has 1 aromatic heterocycles. The van der Waals surface area contributed by atoms with Gasteiger partial charge in [-0.2, -0.15) is 0 Å². The van der Waals surface area contributed by atoms with Crippen LogP contribution in [0.4, 0.5) is 0 Å². The summed E-state index contributed by atoms with van der Waals surface area (Å²) in [6.45, 7) is 3.02. The highest BCUT2D eigenvalue weighted by Gasteiger charge is 2.37. The predicted molar refractivity (Wildman–Crippen MR) is 72.1 cm³/mol. The van der Waals surface area contributed by atoms with Crippen LogP contribution in [-0.2, 0) is 6.54 Å². The van der Waals surface area contributed by atoms with Gasteiger partial charge in [0.15, 0.2) is 0 Å². The SMILES string of the molecule is NCC1(CCN(Cc2ccco2)C2CC2)CCC1. The van der Waals surface area contributed by atoms with Gasteiger partial charge in [-0.1, -0.05) is 6.42 Å². The zero-order valence-electron chi connectivity index (χ0n) is 11.1. The largest absolute Gasteiger partial charge is 0.468 e. The molecule has 18 heavy (non-hydrogen) atoms. The van der Waals surface area contributed by atoms with Crippen molar-refractivity contribution in [3.8, 4) is 0 Å². The summed E-state index contributed by atoms with van der Waals surface area (Å²) in [7, 11) is 0. The Morgan fingerprint density at radius 1 is 1.39 bits per heavy atom. The summed E-state index contributed by atoms with van der Waals surface area (Å²) in [6.07, 6.45) is 9.80. The molecule has 2 N–H and O–H groups in total. The van der Waals surface area contributed by atoms with Crippen LogP contribution >= 0.6 is 0 Å². The van der Waals surface area contributed by atoms with Gasteiger partial charge in [0.25, 0.3) is 0 Å². The van der Waals surface area contributed by atoms with E-state index < -0.39 is 0 Å². The Bertz CT molecular complexity index is 360. The third-order valence-corrected chi connectivity index (χ3v) is 4.78. The smallest absolute Gasteiger partial charge is 0.117 e. The molecule has 100 valence electrons. The van der Waals surface area contributed by atoms with Crippen LogP contribution in [0.3, 0.4) is 0 Å². The van der Waals surface area contributed by atoms with Gasteiger partial charge in [0, 0.05) is 6.04 Å². The average molecular weight is 248 g/mol. The van der Waals surface area contributed by atoms with Gasteiger partial charge >= 0.3 is 0 Å². The molecule has 0 aliphatic heterocycles. The first kappa shape index (κ1) is 12.2. The van der Waals surface area contributed by atoms with Gasteiger partial charge in [-0.25, -0.2) is 0 Å². The third-order valence-electron chi connectivity index (χ3n) is 4.78. The van der Waals surface area contributed by atoms with Gasteiger partial charge < -0.3 is 10.2 Å². The Balaban J connectivity index is 1.54. The highest BCUT2D eigenvalue weighted by Crippen LogP contribution is 2.43. The van der Waals surface area contributed by atoms with E-state index in [1.54, 1.807) is 6.26 Å². The number of hydrogen-bond donors (Lipinski definition) is 1. The topological polar surface area (TPSA) is 42.4 Å². The molecule has 0 spiro atoms. The molecule has 1 aromatic rings. The highest BCUT2D eigenvalue weighted by atomic mass is 16.3. The second-order valence-electron chi connectivity index (χ2n) is 6.09. The molecule has 0 atom stereocenters. The number of nitrogens with zero attached hydrogens (tertiary/aromatic N) is 1. The van der Waals surface area contributed by atoms with E-state index in [2.05, 4.69) is 11.0 Å². The molecule has 0 amide bonds. The fourth-order valence-electron chi connectivity index (χ4n) is 3.05. The van der Waals surface area contributed by atoms with Gasteiger partial charge in [-0.3, -0.25) is 4.90 Å². The van der Waals surface area contributed by atoms with Crippen molar-refractivity contribution in [1.29, 1.82) is 0 Å². The van der Waals surface area contributed by atoms with E-state index in [9.17, 15) is 0 Å². The van der Waals surface area contributed by atoms with E-state index in [4.69, 9.17) is 10.2 Å². The Kier molecular flexibility index (Phi) is 3.44. The molecule has 2 fully saturated rings. The standard InChI is InChI=1S/C15H24N2O/c16-12-15(6-2-7-15)8-9-17(13-4-5-13)11-14-3-1-10-18-14/h1,3,10,13H,2,4-9,11-12,16H2. The molecular weight excluding hydrogens is 224 g/mol. The molecule has 1 heterocycles. The van der Waals surface area contributed by atoms with E-state index in [1.165, 1.54) is 45.1 Å². The first-order valence-corrected chi connectivity index (χ1v) is 7.28.